The van der Waals surface area contributed by atoms with Gasteiger partial charge in [-0.3, -0.25) is 0 Å². The average Bonchev–Trinajstić information content (AvgIpc) is 3.07. The zero-order valence-corrected chi connectivity index (χ0v) is 11.7. The number of anilines is 1. The molecule has 3 aromatic rings. The van der Waals surface area contributed by atoms with Gasteiger partial charge in [0.2, 0.25) is 0 Å². The second kappa shape index (κ2) is 6.03. The lowest BCUT2D eigenvalue weighted by Gasteiger charge is -2.10. The number of pyridine rings is 2. The summed E-state index contributed by atoms with van der Waals surface area (Å²) in [6.45, 7) is 0.335. The van der Waals surface area contributed by atoms with Gasteiger partial charge in [0.15, 0.2) is 5.82 Å². The lowest BCUT2D eigenvalue weighted by atomic mass is 10.2. The summed E-state index contributed by atoms with van der Waals surface area (Å²) < 4.78 is 39.0. The van der Waals surface area contributed by atoms with E-state index in [2.05, 4.69) is 25.4 Å². The number of aromatic nitrogens is 5. The second-order valence-corrected chi connectivity index (χ2v) is 4.61. The zero-order valence-electron chi connectivity index (χ0n) is 11.7. The Morgan fingerprint density at radius 3 is 2.65 bits per heavy atom. The Labute approximate surface area is 129 Å². The van der Waals surface area contributed by atoms with Crippen molar-refractivity contribution in [3.05, 3.63) is 60.4 Å². The highest BCUT2D eigenvalue weighted by atomic mass is 19.4. The molecule has 0 unspecified atom stereocenters. The maximum atomic E-state index is 12.5. The largest absolute Gasteiger partial charge is 0.417 e. The van der Waals surface area contributed by atoms with Gasteiger partial charge in [0.05, 0.1) is 5.56 Å². The molecule has 0 aromatic carbocycles. The monoisotopic (exact) mass is 320 g/mol. The molecule has 0 atom stereocenters. The molecule has 0 aliphatic heterocycles. The molecule has 0 aliphatic rings. The van der Waals surface area contributed by atoms with Gasteiger partial charge in [0, 0.05) is 24.5 Å². The molecule has 3 heterocycles. The fraction of sp³-hybridized carbons (Fsp3) is 0.143. The predicted molar refractivity (Wildman–Crippen MR) is 75.7 cm³/mol. The summed E-state index contributed by atoms with van der Waals surface area (Å²) in [4.78, 5) is 11.9. The van der Waals surface area contributed by atoms with E-state index >= 15 is 0 Å². The topological polar surface area (TPSA) is 68.5 Å². The summed E-state index contributed by atoms with van der Waals surface area (Å²) in [5, 5.41) is 6.98. The van der Waals surface area contributed by atoms with Crippen LogP contribution in [-0.4, -0.2) is 24.7 Å². The summed E-state index contributed by atoms with van der Waals surface area (Å²) in [6.07, 6.45) is 0.932. The Morgan fingerprint density at radius 2 is 2.00 bits per heavy atom. The molecule has 0 spiro atoms. The van der Waals surface area contributed by atoms with Gasteiger partial charge in [0.1, 0.15) is 18.5 Å². The minimum atomic E-state index is -4.39. The van der Waals surface area contributed by atoms with E-state index in [9.17, 15) is 13.2 Å². The zero-order chi connectivity index (χ0) is 16.3. The van der Waals surface area contributed by atoms with Gasteiger partial charge in [-0.2, -0.15) is 18.3 Å². The Balaban J connectivity index is 1.74. The van der Waals surface area contributed by atoms with Gasteiger partial charge in [-0.25, -0.2) is 19.6 Å². The molecule has 0 bridgehead atoms. The minimum Gasteiger partial charge on any atom is -0.366 e. The molecule has 0 saturated carbocycles. The van der Waals surface area contributed by atoms with Crippen molar-refractivity contribution in [1.82, 2.24) is 24.7 Å². The number of hydrogen-bond donors (Lipinski definition) is 1. The first-order chi connectivity index (χ1) is 11.0. The summed E-state index contributed by atoms with van der Waals surface area (Å²) in [5.41, 5.74) is 0.0208. The number of nitrogens with one attached hydrogen (secondary N) is 1. The van der Waals surface area contributed by atoms with Crippen LogP contribution in [0.3, 0.4) is 0 Å². The van der Waals surface area contributed by atoms with E-state index in [1.165, 1.54) is 23.4 Å². The van der Waals surface area contributed by atoms with E-state index in [4.69, 9.17) is 0 Å². The first kappa shape index (κ1) is 14.9. The Morgan fingerprint density at radius 1 is 1.13 bits per heavy atom. The molecule has 9 heteroatoms. The summed E-state index contributed by atoms with van der Waals surface area (Å²) in [6, 6.07) is 5.87. The number of halogens is 3. The lowest BCUT2D eigenvalue weighted by Crippen LogP contribution is -2.09. The maximum absolute atomic E-state index is 12.5. The Kier molecular flexibility index (Phi) is 3.92. The van der Waals surface area contributed by atoms with Crippen LogP contribution in [0.5, 0.6) is 0 Å². The molecule has 3 aromatic heterocycles. The molecule has 0 radical (unpaired) electrons. The van der Waals surface area contributed by atoms with E-state index in [0.717, 1.165) is 17.8 Å². The van der Waals surface area contributed by atoms with Crippen LogP contribution in [0.15, 0.2) is 49.3 Å². The van der Waals surface area contributed by atoms with Crippen molar-refractivity contribution < 1.29 is 13.2 Å². The van der Waals surface area contributed by atoms with Crippen molar-refractivity contribution in [3.63, 3.8) is 0 Å². The van der Waals surface area contributed by atoms with E-state index < -0.39 is 11.7 Å². The van der Waals surface area contributed by atoms with Gasteiger partial charge in [-0.05, 0) is 18.2 Å². The first-order valence-corrected chi connectivity index (χ1v) is 6.60. The van der Waals surface area contributed by atoms with Crippen molar-refractivity contribution in [2.75, 3.05) is 5.32 Å². The Hall–Kier alpha value is -2.97. The fourth-order valence-electron chi connectivity index (χ4n) is 1.94. The molecule has 6 nitrogen and oxygen atoms in total. The molecule has 0 saturated heterocycles. The highest BCUT2D eigenvalue weighted by Crippen LogP contribution is 2.28. The first-order valence-electron chi connectivity index (χ1n) is 6.60. The van der Waals surface area contributed by atoms with Crippen molar-refractivity contribution in [3.8, 4) is 5.82 Å². The van der Waals surface area contributed by atoms with Crippen LogP contribution >= 0.6 is 0 Å². The third-order valence-corrected chi connectivity index (χ3v) is 3.05. The molecular formula is C14H11F3N6. The molecule has 0 amide bonds. The number of rotatable bonds is 4. The molecule has 23 heavy (non-hydrogen) atoms. The van der Waals surface area contributed by atoms with E-state index in [0.29, 0.717) is 18.2 Å². The predicted octanol–water partition coefficient (Wildman–Crippen LogP) is 2.69. The SMILES string of the molecule is FC(F)(F)c1ccc(NCc2cccnc2-n2cncn2)nc1. The van der Waals surface area contributed by atoms with Crippen LogP contribution in [0.1, 0.15) is 11.1 Å². The highest BCUT2D eigenvalue weighted by Gasteiger charge is 2.30. The van der Waals surface area contributed by atoms with Crippen LogP contribution in [0.4, 0.5) is 19.0 Å². The molecule has 118 valence electrons. The standard InChI is InChI=1S/C14H11F3N6/c15-14(16,17)11-3-4-12(21-7-11)20-6-10-2-1-5-19-13(10)23-9-18-8-22-23/h1-5,7-9H,6H2,(H,20,21). The third kappa shape index (κ3) is 3.44. The van der Waals surface area contributed by atoms with Crippen LogP contribution < -0.4 is 5.32 Å². The molecule has 0 fully saturated rings. The van der Waals surface area contributed by atoms with Crippen LogP contribution in [-0.2, 0) is 12.7 Å². The second-order valence-electron chi connectivity index (χ2n) is 4.61. The highest BCUT2D eigenvalue weighted by molar-refractivity contribution is 5.40. The molecule has 3 rings (SSSR count). The van der Waals surface area contributed by atoms with Gasteiger partial charge < -0.3 is 5.32 Å². The van der Waals surface area contributed by atoms with Crippen molar-refractivity contribution in [1.29, 1.82) is 0 Å². The van der Waals surface area contributed by atoms with E-state index in [-0.39, 0.29) is 0 Å². The number of alkyl halides is 3. The lowest BCUT2D eigenvalue weighted by molar-refractivity contribution is -0.137. The average molecular weight is 320 g/mol. The summed E-state index contributed by atoms with van der Waals surface area (Å²) in [7, 11) is 0. The smallest absolute Gasteiger partial charge is 0.366 e. The molecular weight excluding hydrogens is 309 g/mol. The van der Waals surface area contributed by atoms with E-state index in [1.807, 2.05) is 6.07 Å². The van der Waals surface area contributed by atoms with Gasteiger partial charge in [0.25, 0.3) is 0 Å². The molecule has 0 aliphatic carbocycles. The van der Waals surface area contributed by atoms with Crippen LogP contribution in [0, 0.1) is 0 Å². The summed E-state index contributed by atoms with van der Waals surface area (Å²) >= 11 is 0. The summed E-state index contributed by atoms with van der Waals surface area (Å²) in [5.74, 6) is 0.927. The van der Waals surface area contributed by atoms with Gasteiger partial charge in [-0.15, -0.1) is 0 Å². The van der Waals surface area contributed by atoms with Crippen LogP contribution in [0.2, 0.25) is 0 Å². The fourth-order valence-corrected chi connectivity index (χ4v) is 1.94. The van der Waals surface area contributed by atoms with Crippen molar-refractivity contribution in [2.45, 2.75) is 12.7 Å². The maximum Gasteiger partial charge on any atom is 0.417 e. The van der Waals surface area contributed by atoms with Gasteiger partial charge in [-0.1, -0.05) is 6.07 Å². The quantitative estimate of drug-likeness (QED) is 0.800. The van der Waals surface area contributed by atoms with Crippen molar-refractivity contribution >= 4 is 5.82 Å². The number of hydrogen-bond acceptors (Lipinski definition) is 5. The Bertz CT molecular complexity index is 768. The van der Waals surface area contributed by atoms with Crippen LogP contribution in [0.25, 0.3) is 5.82 Å². The third-order valence-electron chi connectivity index (χ3n) is 3.05. The normalized spacial score (nSPS) is 11.4. The number of nitrogens with zero attached hydrogens (tertiary/aromatic N) is 5. The molecule has 1 N–H and O–H groups in total. The van der Waals surface area contributed by atoms with Gasteiger partial charge >= 0.3 is 6.18 Å². The van der Waals surface area contributed by atoms with E-state index in [1.54, 1.807) is 12.3 Å². The minimum absolute atomic E-state index is 0.335. The van der Waals surface area contributed by atoms with Crippen molar-refractivity contribution in [2.24, 2.45) is 0 Å².